The number of carbonyl (C=O) groups is 2. The molecular weight excluding hydrogens is 353 g/mol. The molecule has 26 heavy (non-hydrogen) atoms. The number of amides is 2. The zero-order chi connectivity index (χ0) is 18.5. The van der Waals surface area contributed by atoms with Crippen molar-refractivity contribution in [3.63, 3.8) is 0 Å². The molecule has 2 N–H and O–H groups in total. The molecule has 1 heterocycles. The summed E-state index contributed by atoms with van der Waals surface area (Å²) in [5.41, 5.74) is 2.17. The van der Waals surface area contributed by atoms with Gasteiger partial charge in [0, 0.05) is 29.2 Å². The van der Waals surface area contributed by atoms with Gasteiger partial charge in [0.2, 0.25) is 11.8 Å². The van der Waals surface area contributed by atoms with Crippen molar-refractivity contribution in [2.45, 2.75) is 13.3 Å². The molecule has 0 fully saturated rings. The number of carbonyl (C=O) groups excluding carboxylic acids is 2. The number of rotatable bonds is 5. The van der Waals surface area contributed by atoms with Crippen LogP contribution >= 0.6 is 11.3 Å². The monoisotopic (exact) mass is 369 g/mol. The molecule has 0 radical (unpaired) electrons. The van der Waals surface area contributed by atoms with Gasteiger partial charge in [0.25, 0.3) is 0 Å². The number of benzene rings is 2. The largest absolute Gasteiger partial charge is 0.326 e. The number of nitrogens with one attached hydrogen (secondary N) is 2. The molecule has 3 rings (SSSR count). The van der Waals surface area contributed by atoms with Gasteiger partial charge in [-0.3, -0.25) is 9.59 Å². The highest BCUT2D eigenvalue weighted by molar-refractivity contribution is 7.13. The Kier molecular flexibility index (Phi) is 5.38. The number of nitrogens with zero attached hydrogens (tertiary/aromatic N) is 1. The molecule has 0 saturated heterocycles. The van der Waals surface area contributed by atoms with Crippen LogP contribution in [0.15, 0.2) is 53.9 Å². The number of aromatic nitrogens is 1. The molecule has 7 heteroatoms. The van der Waals surface area contributed by atoms with Gasteiger partial charge in [-0.25, -0.2) is 9.37 Å². The van der Waals surface area contributed by atoms with Gasteiger partial charge in [-0.2, -0.15) is 0 Å². The highest BCUT2D eigenvalue weighted by Crippen LogP contribution is 2.26. The molecule has 0 saturated carbocycles. The lowest BCUT2D eigenvalue weighted by Crippen LogP contribution is -2.15. The van der Waals surface area contributed by atoms with Gasteiger partial charge in [0.05, 0.1) is 12.1 Å². The summed E-state index contributed by atoms with van der Waals surface area (Å²) < 4.78 is 13.8. The van der Waals surface area contributed by atoms with Crippen molar-refractivity contribution in [3.05, 3.63) is 65.4 Å². The van der Waals surface area contributed by atoms with E-state index in [0.29, 0.717) is 27.6 Å². The fourth-order valence-corrected chi connectivity index (χ4v) is 3.24. The number of halogens is 1. The van der Waals surface area contributed by atoms with Gasteiger partial charge < -0.3 is 10.6 Å². The third-order valence-corrected chi connectivity index (χ3v) is 4.39. The highest BCUT2D eigenvalue weighted by Gasteiger charge is 2.12. The molecule has 2 aromatic carbocycles. The molecule has 0 aliphatic carbocycles. The predicted octanol–water partition coefficient (Wildman–Crippen LogP) is 4.09. The van der Waals surface area contributed by atoms with Crippen molar-refractivity contribution in [1.82, 2.24) is 4.98 Å². The zero-order valence-electron chi connectivity index (χ0n) is 14.0. The van der Waals surface area contributed by atoms with Gasteiger partial charge >= 0.3 is 0 Å². The van der Waals surface area contributed by atoms with Crippen LogP contribution in [0.25, 0.3) is 10.6 Å². The quantitative estimate of drug-likeness (QED) is 0.712. The van der Waals surface area contributed by atoms with Crippen LogP contribution in [0.1, 0.15) is 12.6 Å². The maximum Gasteiger partial charge on any atom is 0.230 e. The summed E-state index contributed by atoms with van der Waals surface area (Å²) in [4.78, 5) is 27.7. The number of anilines is 2. The molecule has 0 spiro atoms. The topological polar surface area (TPSA) is 71.1 Å². The first-order chi connectivity index (χ1) is 12.5. The van der Waals surface area contributed by atoms with Crippen LogP contribution in [0.5, 0.6) is 0 Å². The Hall–Kier alpha value is -3.06. The highest BCUT2D eigenvalue weighted by atomic mass is 32.1. The summed E-state index contributed by atoms with van der Waals surface area (Å²) in [6.45, 7) is 1.42. The minimum absolute atomic E-state index is 0.0787. The first kappa shape index (κ1) is 17.8. The minimum atomic E-state index is -0.340. The fraction of sp³-hybridized carbons (Fsp3) is 0.105. The molecule has 2 amide bonds. The summed E-state index contributed by atoms with van der Waals surface area (Å²) in [6, 6.07) is 13.3. The van der Waals surface area contributed by atoms with Crippen LogP contribution in [-0.2, 0) is 16.0 Å². The van der Waals surface area contributed by atoms with E-state index in [2.05, 4.69) is 15.6 Å². The van der Waals surface area contributed by atoms with E-state index in [1.807, 2.05) is 0 Å². The maximum atomic E-state index is 13.8. The van der Waals surface area contributed by atoms with Crippen LogP contribution in [0, 0.1) is 5.82 Å². The van der Waals surface area contributed by atoms with Crippen molar-refractivity contribution < 1.29 is 14.0 Å². The van der Waals surface area contributed by atoms with E-state index in [0.717, 1.165) is 0 Å². The third kappa shape index (κ3) is 4.52. The SMILES string of the molecule is CC(=O)Nc1cccc(NC(=O)Cc2csc(-c3ccccc3F)n2)c1. The lowest BCUT2D eigenvalue weighted by Gasteiger charge is -2.07. The lowest BCUT2D eigenvalue weighted by atomic mass is 10.2. The second kappa shape index (κ2) is 7.88. The summed E-state index contributed by atoms with van der Waals surface area (Å²) >= 11 is 1.30. The third-order valence-electron chi connectivity index (χ3n) is 3.46. The molecule has 5 nitrogen and oxygen atoms in total. The van der Waals surface area contributed by atoms with E-state index in [-0.39, 0.29) is 24.1 Å². The van der Waals surface area contributed by atoms with Crippen molar-refractivity contribution in [1.29, 1.82) is 0 Å². The Morgan fingerprint density at radius 3 is 2.54 bits per heavy atom. The number of hydrogen-bond donors (Lipinski definition) is 2. The number of thiazole rings is 1. The van der Waals surface area contributed by atoms with Crippen LogP contribution in [0.3, 0.4) is 0 Å². The Bertz CT molecular complexity index is 955. The van der Waals surface area contributed by atoms with Crippen molar-refractivity contribution in [2.24, 2.45) is 0 Å². The van der Waals surface area contributed by atoms with Gasteiger partial charge in [-0.15, -0.1) is 11.3 Å². The molecule has 1 aromatic heterocycles. The molecular formula is C19H16FN3O2S. The van der Waals surface area contributed by atoms with Crippen molar-refractivity contribution >= 4 is 34.5 Å². The molecule has 0 bridgehead atoms. The second-order valence-corrected chi connectivity index (χ2v) is 6.47. The van der Waals surface area contributed by atoms with E-state index >= 15 is 0 Å². The maximum absolute atomic E-state index is 13.8. The average molecular weight is 369 g/mol. The van der Waals surface area contributed by atoms with Crippen LogP contribution < -0.4 is 10.6 Å². The van der Waals surface area contributed by atoms with Gasteiger partial charge in [-0.05, 0) is 30.3 Å². The van der Waals surface area contributed by atoms with Crippen molar-refractivity contribution in [3.8, 4) is 10.6 Å². The molecule has 0 aliphatic rings. The Morgan fingerprint density at radius 1 is 1.08 bits per heavy atom. The summed E-state index contributed by atoms with van der Waals surface area (Å²) in [7, 11) is 0. The van der Waals surface area contributed by atoms with Gasteiger partial charge in [-0.1, -0.05) is 18.2 Å². The molecule has 0 unspecified atom stereocenters. The molecule has 3 aromatic rings. The van der Waals surface area contributed by atoms with Crippen LogP contribution in [-0.4, -0.2) is 16.8 Å². The Balaban J connectivity index is 1.66. The minimum Gasteiger partial charge on any atom is -0.326 e. The first-order valence-electron chi connectivity index (χ1n) is 7.88. The second-order valence-electron chi connectivity index (χ2n) is 5.61. The smallest absolute Gasteiger partial charge is 0.230 e. The summed E-state index contributed by atoms with van der Waals surface area (Å²) in [5, 5.41) is 7.71. The summed E-state index contributed by atoms with van der Waals surface area (Å²) in [5.74, 6) is -0.764. The Labute approximate surface area is 153 Å². The summed E-state index contributed by atoms with van der Waals surface area (Å²) in [6.07, 6.45) is 0.0787. The van der Waals surface area contributed by atoms with Crippen LogP contribution in [0.2, 0.25) is 0 Å². The van der Waals surface area contributed by atoms with E-state index < -0.39 is 0 Å². The molecule has 0 aliphatic heterocycles. The van der Waals surface area contributed by atoms with E-state index in [1.165, 1.54) is 24.3 Å². The van der Waals surface area contributed by atoms with E-state index in [9.17, 15) is 14.0 Å². The lowest BCUT2D eigenvalue weighted by molar-refractivity contribution is -0.116. The normalized spacial score (nSPS) is 10.4. The average Bonchev–Trinajstić information content (AvgIpc) is 3.03. The standard InChI is InChI=1S/C19H16FN3O2S/c1-12(24)21-13-5-4-6-14(9-13)22-18(25)10-15-11-26-19(23-15)16-7-2-3-8-17(16)20/h2-9,11H,10H2,1H3,(H,21,24)(H,22,25). The first-order valence-corrected chi connectivity index (χ1v) is 8.76. The van der Waals surface area contributed by atoms with Gasteiger partial charge in [0.15, 0.2) is 0 Å². The number of hydrogen-bond acceptors (Lipinski definition) is 4. The molecule has 0 atom stereocenters. The Morgan fingerprint density at radius 2 is 1.81 bits per heavy atom. The van der Waals surface area contributed by atoms with E-state index in [1.54, 1.807) is 47.8 Å². The van der Waals surface area contributed by atoms with Crippen molar-refractivity contribution in [2.75, 3.05) is 10.6 Å². The zero-order valence-corrected chi connectivity index (χ0v) is 14.8. The van der Waals surface area contributed by atoms with Crippen LogP contribution in [0.4, 0.5) is 15.8 Å². The van der Waals surface area contributed by atoms with E-state index in [4.69, 9.17) is 0 Å². The van der Waals surface area contributed by atoms with Gasteiger partial charge in [0.1, 0.15) is 10.8 Å². The predicted molar refractivity (Wildman–Crippen MR) is 101 cm³/mol. The molecule has 132 valence electrons. The fourth-order valence-electron chi connectivity index (χ4n) is 2.39.